The van der Waals surface area contributed by atoms with Gasteiger partial charge in [0.25, 0.3) is 0 Å². The molecule has 0 aliphatic rings. The van der Waals surface area contributed by atoms with Crippen molar-refractivity contribution in [3.63, 3.8) is 0 Å². The Labute approximate surface area is 152 Å². The van der Waals surface area contributed by atoms with Crippen molar-refractivity contribution in [2.75, 3.05) is 7.05 Å². The fraction of sp³-hybridized carbons (Fsp3) is 0.263. The highest BCUT2D eigenvalue weighted by Gasteiger charge is 2.12. The van der Waals surface area contributed by atoms with E-state index in [2.05, 4.69) is 11.8 Å². The summed E-state index contributed by atoms with van der Waals surface area (Å²) >= 11 is 5.59. The lowest BCUT2D eigenvalue weighted by Gasteiger charge is -2.16. The van der Waals surface area contributed by atoms with Crippen LogP contribution >= 0.6 is 12.2 Å². The smallest absolute Gasteiger partial charge is 0.199 e. The first-order valence-electron chi connectivity index (χ1n) is 8.24. The SMILES string of the molecule is CCn1c(-c2ccccc2)nn(CN(C)Cc2cccc(F)c2)c1=S. The molecule has 6 heteroatoms. The Morgan fingerprint density at radius 2 is 1.88 bits per heavy atom. The van der Waals surface area contributed by atoms with E-state index in [1.165, 1.54) is 6.07 Å². The Bertz CT molecular complexity index is 901. The van der Waals surface area contributed by atoms with Gasteiger partial charge in [0.2, 0.25) is 0 Å². The Kier molecular flexibility index (Phi) is 5.40. The predicted octanol–water partition coefficient (Wildman–Crippen LogP) is 4.33. The Balaban J connectivity index is 1.83. The number of hydrogen-bond donors (Lipinski definition) is 0. The van der Waals surface area contributed by atoms with Crippen molar-refractivity contribution < 1.29 is 4.39 Å². The van der Waals surface area contributed by atoms with Gasteiger partial charge in [0.15, 0.2) is 10.6 Å². The molecule has 0 amide bonds. The van der Waals surface area contributed by atoms with Crippen LogP contribution < -0.4 is 0 Å². The summed E-state index contributed by atoms with van der Waals surface area (Å²) in [7, 11) is 1.97. The minimum Gasteiger partial charge on any atom is -0.300 e. The van der Waals surface area contributed by atoms with E-state index in [0.717, 1.165) is 23.5 Å². The van der Waals surface area contributed by atoms with E-state index in [-0.39, 0.29) is 5.82 Å². The molecular formula is C19H21FN4S. The topological polar surface area (TPSA) is 26.0 Å². The van der Waals surface area contributed by atoms with Crippen LogP contribution in [0.4, 0.5) is 4.39 Å². The molecule has 0 aliphatic heterocycles. The maximum atomic E-state index is 13.3. The highest BCUT2D eigenvalue weighted by molar-refractivity contribution is 7.71. The minimum atomic E-state index is -0.218. The van der Waals surface area contributed by atoms with Gasteiger partial charge in [-0.3, -0.25) is 4.90 Å². The zero-order valence-corrected chi connectivity index (χ0v) is 15.2. The maximum absolute atomic E-state index is 13.3. The van der Waals surface area contributed by atoms with Crippen molar-refractivity contribution in [2.24, 2.45) is 0 Å². The highest BCUT2D eigenvalue weighted by Crippen LogP contribution is 2.18. The van der Waals surface area contributed by atoms with Gasteiger partial charge in [-0.15, -0.1) is 0 Å². The summed E-state index contributed by atoms with van der Waals surface area (Å²) in [6.45, 7) is 3.99. The summed E-state index contributed by atoms with van der Waals surface area (Å²) in [6.07, 6.45) is 0. The maximum Gasteiger partial charge on any atom is 0.199 e. The standard InChI is InChI=1S/C19H21FN4S/c1-3-23-18(16-9-5-4-6-10-16)21-24(19(23)25)14-22(2)13-15-8-7-11-17(20)12-15/h4-12H,3,13-14H2,1-2H3. The second-order valence-electron chi connectivity index (χ2n) is 6.00. The number of benzene rings is 2. The van der Waals surface area contributed by atoms with E-state index in [1.54, 1.807) is 12.1 Å². The molecule has 0 unspecified atom stereocenters. The zero-order valence-electron chi connectivity index (χ0n) is 14.4. The van der Waals surface area contributed by atoms with Crippen molar-refractivity contribution >= 4 is 12.2 Å². The average Bonchev–Trinajstić information content (AvgIpc) is 2.91. The molecule has 4 nitrogen and oxygen atoms in total. The molecule has 0 fully saturated rings. The van der Waals surface area contributed by atoms with Gasteiger partial charge in [-0.1, -0.05) is 42.5 Å². The van der Waals surface area contributed by atoms with E-state index >= 15 is 0 Å². The monoisotopic (exact) mass is 356 g/mol. The highest BCUT2D eigenvalue weighted by atomic mass is 32.1. The molecular weight excluding hydrogens is 335 g/mol. The number of hydrogen-bond acceptors (Lipinski definition) is 3. The number of halogens is 1. The van der Waals surface area contributed by atoms with Crippen LogP contribution in [-0.4, -0.2) is 26.3 Å². The molecule has 3 rings (SSSR count). The third-order valence-electron chi connectivity index (χ3n) is 3.99. The lowest BCUT2D eigenvalue weighted by atomic mass is 10.2. The molecule has 0 radical (unpaired) electrons. The molecule has 1 heterocycles. The van der Waals surface area contributed by atoms with Crippen LogP contribution in [0.2, 0.25) is 0 Å². The first-order chi connectivity index (χ1) is 12.1. The minimum absolute atomic E-state index is 0.218. The summed E-state index contributed by atoms with van der Waals surface area (Å²) in [6, 6.07) is 16.7. The van der Waals surface area contributed by atoms with Gasteiger partial charge in [-0.2, -0.15) is 5.10 Å². The Hall–Kier alpha value is -2.31. The van der Waals surface area contributed by atoms with Crippen LogP contribution in [0.5, 0.6) is 0 Å². The van der Waals surface area contributed by atoms with Crippen molar-refractivity contribution in [1.29, 1.82) is 0 Å². The van der Waals surface area contributed by atoms with Gasteiger partial charge in [-0.25, -0.2) is 9.07 Å². The van der Waals surface area contributed by atoms with Crippen LogP contribution in [0.3, 0.4) is 0 Å². The second kappa shape index (κ2) is 7.72. The molecule has 0 spiro atoms. The van der Waals surface area contributed by atoms with Gasteiger partial charge >= 0.3 is 0 Å². The van der Waals surface area contributed by atoms with Crippen LogP contribution in [0.15, 0.2) is 54.6 Å². The average molecular weight is 356 g/mol. The lowest BCUT2D eigenvalue weighted by Crippen LogP contribution is -2.22. The number of nitrogens with zero attached hydrogens (tertiary/aromatic N) is 4. The van der Waals surface area contributed by atoms with Crippen molar-refractivity contribution in [3.05, 3.63) is 70.7 Å². The molecule has 3 aromatic rings. The zero-order chi connectivity index (χ0) is 17.8. The third kappa shape index (κ3) is 4.03. The first-order valence-corrected chi connectivity index (χ1v) is 8.65. The van der Waals surface area contributed by atoms with Gasteiger partial charge in [0.05, 0.1) is 6.67 Å². The Morgan fingerprint density at radius 3 is 2.56 bits per heavy atom. The van der Waals surface area contributed by atoms with E-state index in [1.807, 2.05) is 52.7 Å². The van der Waals surface area contributed by atoms with E-state index in [4.69, 9.17) is 17.3 Å². The molecule has 0 saturated heterocycles. The number of rotatable bonds is 6. The number of aromatic nitrogens is 3. The fourth-order valence-electron chi connectivity index (χ4n) is 2.84. The Morgan fingerprint density at radius 1 is 1.12 bits per heavy atom. The lowest BCUT2D eigenvalue weighted by molar-refractivity contribution is 0.243. The van der Waals surface area contributed by atoms with Gasteiger partial charge in [0, 0.05) is 18.7 Å². The molecule has 0 N–H and O–H groups in total. The van der Waals surface area contributed by atoms with E-state index < -0.39 is 0 Å². The van der Waals surface area contributed by atoms with Crippen LogP contribution in [0.25, 0.3) is 11.4 Å². The quantitative estimate of drug-likeness (QED) is 0.615. The van der Waals surface area contributed by atoms with Crippen LogP contribution in [0, 0.1) is 10.6 Å². The van der Waals surface area contributed by atoms with E-state index in [0.29, 0.717) is 18.0 Å². The molecule has 0 aliphatic carbocycles. The summed E-state index contributed by atoms with van der Waals surface area (Å²) < 4.78 is 17.9. The molecule has 0 atom stereocenters. The molecule has 2 aromatic carbocycles. The normalized spacial score (nSPS) is 11.2. The van der Waals surface area contributed by atoms with Gasteiger partial charge in [0.1, 0.15) is 5.82 Å². The first kappa shape index (κ1) is 17.5. The molecule has 0 saturated carbocycles. The van der Waals surface area contributed by atoms with Crippen molar-refractivity contribution in [2.45, 2.75) is 26.7 Å². The molecule has 0 bridgehead atoms. The molecule has 1 aromatic heterocycles. The summed E-state index contributed by atoms with van der Waals surface area (Å²) in [4.78, 5) is 2.06. The largest absolute Gasteiger partial charge is 0.300 e. The second-order valence-corrected chi connectivity index (χ2v) is 6.37. The third-order valence-corrected chi connectivity index (χ3v) is 4.42. The van der Waals surface area contributed by atoms with Gasteiger partial charge < -0.3 is 4.57 Å². The van der Waals surface area contributed by atoms with E-state index in [9.17, 15) is 4.39 Å². The summed E-state index contributed by atoms with van der Waals surface area (Å²) in [5, 5.41) is 4.71. The molecule has 130 valence electrons. The van der Waals surface area contributed by atoms with Crippen LogP contribution in [-0.2, 0) is 19.8 Å². The van der Waals surface area contributed by atoms with Gasteiger partial charge in [-0.05, 0) is 43.9 Å². The van der Waals surface area contributed by atoms with Crippen molar-refractivity contribution in [1.82, 2.24) is 19.2 Å². The van der Waals surface area contributed by atoms with Crippen LogP contribution in [0.1, 0.15) is 12.5 Å². The fourth-order valence-corrected chi connectivity index (χ4v) is 3.16. The summed E-state index contributed by atoms with van der Waals surface area (Å²) in [5.41, 5.74) is 1.97. The molecule has 25 heavy (non-hydrogen) atoms. The summed E-state index contributed by atoms with van der Waals surface area (Å²) in [5.74, 6) is 0.649. The predicted molar refractivity (Wildman–Crippen MR) is 100 cm³/mol. The van der Waals surface area contributed by atoms with Crippen molar-refractivity contribution in [3.8, 4) is 11.4 Å².